The molecule has 2 saturated heterocycles. The first-order valence-electron chi connectivity index (χ1n) is 9.67. The standard InChI is InChI=1S/C19H27N5O4/c1-3-28-19(27)24-12-10-23(11-13-24)18(26)17-5-4-16(14-20-17)22-8-6-21(7-9-22)15(2)25/h4-5,14H,3,6-13H2,1-2H3. The minimum Gasteiger partial charge on any atom is -0.450 e. The summed E-state index contributed by atoms with van der Waals surface area (Å²) >= 11 is 0. The Morgan fingerprint density at radius 2 is 1.54 bits per heavy atom. The van der Waals surface area contributed by atoms with E-state index in [9.17, 15) is 14.4 Å². The van der Waals surface area contributed by atoms with Crippen LogP contribution in [0.3, 0.4) is 0 Å². The third-order valence-electron chi connectivity index (χ3n) is 5.15. The predicted octanol–water partition coefficient (Wildman–Crippen LogP) is 0.664. The number of ether oxygens (including phenoxy) is 1. The third-order valence-corrected chi connectivity index (χ3v) is 5.15. The minimum atomic E-state index is -0.332. The molecule has 3 heterocycles. The van der Waals surface area contributed by atoms with Gasteiger partial charge in [0, 0.05) is 59.3 Å². The van der Waals surface area contributed by atoms with Crippen LogP contribution in [0.2, 0.25) is 0 Å². The smallest absolute Gasteiger partial charge is 0.409 e. The third kappa shape index (κ3) is 4.52. The van der Waals surface area contributed by atoms with Gasteiger partial charge in [-0.15, -0.1) is 0 Å². The quantitative estimate of drug-likeness (QED) is 0.755. The van der Waals surface area contributed by atoms with E-state index < -0.39 is 0 Å². The summed E-state index contributed by atoms with van der Waals surface area (Å²) in [5.41, 5.74) is 1.35. The zero-order chi connectivity index (χ0) is 20.1. The molecule has 0 unspecified atom stereocenters. The topological polar surface area (TPSA) is 86.3 Å². The van der Waals surface area contributed by atoms with E-state index in [0.29, 0.717) is 51.6 Å². The molecule has 0 bridgehead atoms. The van der Waals surface area contributed by atoms with Gasteiger partial charge in [0.2, 0.25) is 5.91 Å². The Morgan fingerprint density at radius 3 is 2.07 bits per heavy atom. The summed E-state index contributed by atoms with van der Waals surface area (Å²) in [6.45, 7) is 8.46. The number of aromatic nitrogens is 1. The van der Waals surface area contributed by atoms with Crippen LogP contribution in [0.25, 0.3) is 0 Å². The first-order chi connectivity index (χ1) is 13.5. The summed E-state index contributed by atoms with van der Waals surface area (Å²) in [6.07, 6.45) is 1.38. The van der Waals surface area contributed by atoms with Crippen molar-refractivity contribution in [3.05, 3.63) is 24.0 Å². The number of carbonyl (C=O) groups is 3. The molecule has 28 heavy (non-hydrogen) atoms. The Hall–Kier alpha value is -2.84. The molecule has 152 valence electrons. The number of rotatable bonds is 3. The maximum Gasteiger partial charge on any atom is 0.409 e. The molecule has 0 aliphatic carbocycles. The maximum absolute atomic E-state index is 12.7. The van der Waals surface area contributed by atoms with Gasteiger partial charge >= 0.3 is 6.09 Å². The van der Waals surface area contributed by atoms with Crippen LogP contribution < -0.4 is 4.90 Å². The number of hydrogen-bond donors (Lipinski definition) is 0. The molecule has 9 heteroatoms. The first kappa shape index (κ1) is 19.9. The molecule has 3 rings (SSSR count). The Labute approximate surface area is 164 Å². The summed E-state index contributed by atoms with van der Waals surface area (Å²) < 4.78 is 5.00. The number of nitrogens with zero attached hydrogens (tertiary/aromatic N) is 5. The Kier molecular flexibility index (Phi) is 6.33. The van der Waals surface area contributed by atoms with E-state index in [4.69, 9.17) is 4.74 Å². The highest BCUT2D eigenvalue weighted by Crippen LogP contribution is 2.17. The number of pyridine rings is 1. The van der Waals surface area contributed by atoms with Gasteiger partial charge in [-0.25, -0.2) is 9.78 Å². The molecule has 0 spiro atoms. The second-order valence-corrected chi connectivity index (χ2v) is 6.87. The Bertz CT molecular complexity index is 708. The summed E-state index contributed by atoms with van der Waals surface area (Å²) in [5.74, 6) is -0.0294. The molecular weight excluding hydrogens is 362 g/mol. The molecule has 0 radical (unpaired) electrons. The van der Waals surface area contributed by atoms with E-state index in [1.54, 1.807) is 35.9 Å². The van der Waals surface area contributed by atoms with Crippen LogP contribution in [0, 0.1) is 0 Å². The van der Waals surface area contributed by atoms with E-state index in [-0.39, 0.29) is 17.9 Å². The van der Waals surface area contributed by atoms with Crippen LogP contribution in [0.1, 0.15) is 24.3 Å². The van der Waals surface area contributed by atoms with Gasteiger partial charge < -0.3 is 24.3 Å². The van der Waals surface area contributed by atoms with E-state index >= 15 is 0 Å². The second-order valence-electron chi connectivity index (χ2n) is 6.87. The number of amides is 3. The molecule has 0 N–H and O–H groups in total. The monoisotopic (exact) mass is 389 g/mol. The zero-order valence-corrected chi connectivity index (χ0v) is 16.5. The van der Waals surface area contributed by atoms with Crippen molar-refractivity contribution in [2.45, 2.75) is 13.8 Å². The van der Waals surface area contributed by atoms with Gasteiger partial charge in [-0.05, 0) is 19.1 Å². The average molecular weight is 389 g/mol. The van der Waals surface area contributed by atoms with Gasteiger partial charge in [0.15, 0.2) is 0 Å². The number of hydrogen-bond acceptors (Lipinski definition) is 6. The molecule has 1 aromatic heterocycles. The number of anilines is 1. The van der Waals surface area contributed by atoms with Gasteiger partial charge in [0.1, 0.15) is 5.69 Å². The van der Waals surface area contributed by atoms with Gasteiger partial charge in [-0.2, -0.15) is 0 Å². The maximum atomic E-state index is 12.7. The lowest BCUT2D eigenvalue weighted by Crippen LogP contribution is -2.50. The van der Waals surface area contributed by atoms with Crippen LogP contribution >= 0.6 is 0 Å². The predicted molar refractivity (Wildman–Crippen MR) is 103 cm³/mol. The fraction of sp³-hybridized carbons (Fsp3) is 0.579. The molecule has 2 aliphatic heterocycles. The van der Waals surface area contributed by atoms with Crippen molar-refractivity contribution in [2.75, 3.05) is 63.9 Å². The first-order valence-corrected chi connectivity index (χ1v) is 9.67. The van der Waals surface area contributed by atoms with Crippen molar-refractivity contribution in [1.82, 2.24) is 19.7 Å². The minimum absolute atomic E-state index is 0.0989. The van der Waals surface area contributed by atoms with Gasteiger partial charge in [-0.1, -0.05) is 0 Å². The van der Waals surface area contributed by atoms with Crippen molar-refractivity contribution in [2.24, 2.45) is 0 Å². The molecule has 2 fully saturated rings. The Balaban J connectivity index is 1.53. The zero-order valence-electron chi connectivity index (χ0n) is 16.5. The van der Waals surface area contributed by atoms with Crippen LogP contribution in [0.4, 0.5) is 10.5 Å². The van der Waals surface area contributed by atoms with Gasteiger partial charge in [-0.3, -0.25) is 9.59 Å². The van der Waals surface area contributed by atoms with E-state index in [1.165, 1.54) is 0 Å². The van der Waals surface area contributed by atoms with Crippen LogP contribution in [-0.4, -0.2) is 96.6 Å². The molecule has 0 aromatic carbocycles. The molecule has 2 aliphatic rings. The van der Waals surface area contributed by atoms with Crippen LogP contribution in [0.15, 0.2) is 18.3 Å². The van der Waals surface area contributed by atoms with Crippen molar-refractivity contribution in [3.8, 4) is 0 Å². The lowest BCUT2D eigenvalue weighted by molar-refractivity contribution is -0.129. The molecular formula is C19H27N5O4. The number of piperazine rings is 2. The average Bonchev–Trinajstić information content (AvgIpc) is 2.74. The SMILES string of the molecule is CCOC(=O)N1CCN(C(=O)c2ccc(N3CCN(C(C)=O)CC3)cn2)CC1. The summed E-state index contributed by atoms with van der Waals surface area (Å²) in [7, 11) is 0. The van der Waals surface area contributed by atoms with Gasteiger partial charge in [0.05, 0.1) is 18.5 Å². The fourth-order valence-electron chi connectivity index (χ4n) is 3.45. The summed E-state index contributed by atoms with van der Waals surface area (Å²) in [6, 6.07) is 3.64. The van der Waals surface area contributed by atoms with E-state index in [2.05, 4.69) is 9.88 Å². The van der Waals surface area contributed by atoms with Crippen molar-refractivity contribution in [1.29, 1.82) is 0 Å². The highest BCUT2D eigenvalue weighted by Gasteiger charge is 2.26. The van der Waals surface area contributed by atoms with Crippen molar-refractivity contribution >= 4 is 23.6 Å². The molecule has 0 saturated carbocycles. The van der Waals surface area contributed by atoms with Gasteiger partial charge in [0.25, 0.3) is 5.91 Å². The largest absolute Gasteiger partial charge is 0.450 e. The fourth-order valence-corrected chi connectivity index (χ4v) is 3.45. The van der Waals surface area contributed by atoms with Crippen molar-refractivity contribution < 1.29 is 19.1 Å². The number of carbonyl (C=O) groups excluding carboxylic acids is 3. The normalized spacial score (nSPS) is 17.5. The van der Waals surface area contributed by atoms with Crippen LogP contribution in [0.5, 0.6) is 0 Å². The van der Waals surface area contributed by atoms with E-state index in [1.807, 2.05) is 11.0 Å². The molecule has 9 nitrogen and oxygen atoms in total. The highest BCUT2D eigenvalue weighted by atomic mass is 16.6. The second kappa shape index (κ2) is 8.90. The van der Waals surface area contributed by atoms with Crippen molar-refractivity contribution in [3.63, 3.8) is 0 Å². The Morgan fingerprint density at radius 1 is 0.929 bits per heavy atom. The highest BCUT2D eigenvalue weighted by molar-refractivity contribution is 5.92. The molecule has 3 amide bonds. The van der Waals surface area contributed by atoms with Crippen LogP contribution in [-0.2, 0) is 9.53 Å². The summed E-state index contributed by atoms with van der Waals surface area (Å²) in [5, 5.41) is 0. The molecule has 1 aromatic rings. The summed E-state index contributed by atoms with van der Waals surface area (Å²) in [4.78, 5) is 47.5. The lowest BCUT2D eigenvalue weighted by atomic mass is 10.2. The molecule has 0 atom stereocenters. The van der Waals surface area contributed by atoms with E-state index in [0.717, 1.165) is 18.8 Å². The lowest BCUT2D eigenvalue weighted by Gasteiger charge is -2.35.